The van der Waals surface area contributed by atoms with Crippen molar-refractivity contribution in [3.05, 3.63) is 29.8 Å². The number of para-hydroxylation sites is 1. The van der Waals surface area contributed by atoms with Gasteiger partial charge >= 0.3 is 0 Å². The predicted molar refractivity (Wildman–Crippen MR) is 92.8 cm³/mol. The third kappa shape index (κ3) is 4.81. The Hall–Kier alpha value is -0.860. The average molecular weight is 365 g/mol. The normalized spacial score (nSPS) is 20.6. The molecular weight excluding hydrogens is 340 g/mol. The van der Waals surface area contributed by atoms with E-state index in [-0.39, 0.29) is 30.3 Å². The van der Waals surface area contributed by atoms with Crippen LogP contribution in [0.5, 0.6) is 5.75 Å². The lowest BCUT2D eigenvalue weighted by atomic mass is 10.0. The van der Waals surface area contributed by atoms with Gasteiger partial charge in [-0.3, -0.25) is 0 Å². The Morgan fingerprint density at radius 1 is 1.35 bits per heavy atom. The fourth-order valence-electron chi connectivity index (χ4n) is 2.69. The second-order valence-electron chi connectivity index (χ2n) is 5.40. The van der Waals surface area contributed by atoms with Crippen molar-refractivity contribution in [2.45, 2.75) is 19.1 Å². The number of nitrogens with one attached hydrogen (secondary N) is 1. The number of benzene rings is 1. The van der Waals surface area contributed by atoms with Crippen molar-refractivity contribution in [3.8, 4) is 5.75 Å². The fraction of sp³-hybridized carbons (Fsp3) is 0.600. The maximum atomic E-state index is 12.7. The molecule has 0 amide bonds. The van der Waals surface area contributed by atoms with E-state index in [1.165, 1.54) is 7.11 Å². The second-order valence-corrected chi connectivity index (χ2v) is 7.36. The number of halogens is 1. The number of sulfonamides is 1. The van der Waals surface area contributed by atoms with Crippen LogP contribution in [0.3, 0.4) is 0 Å². The fourth-order valence-corrected chi connectivity index (χ4v) is 4.55. The molecule has 2 unspecified atom stereocenters. The van der Waals surface area contributed by atoms with Crippen LogP contribution in [0.15, 0.2) is 24.3 Å². The number of nitrogens with zero attached hydrogens (tertiary/aromatic N) is 1. The smallest absolute Gasteiger partial charge is 0.217 e. The molecule has 1 N–H and O–H groups in total. The first-order chi connectivity index (χ1) is 10.5. The summed E-state index contributed by atoms with van der Waals surface area (Å²) in [6.07, 6.45) is -0.335. The van der Waals surface area contributed by atoms with Crippen LogP contribution >= 0.6 is 12.4 Å². The summed E-state index contributed by atoms with van der Waals surface area (Å²) in [6, 6.07) is 7.28. The Balaban J connectivity index is 0.00000264. The van der Waals surface area contributed by atoms with E-state index in [1.807, 2.05) is 24.3 Å². The van der Waals surface area contributed by atoms with Crippen molar-refractivity contribution in [2.75, 3.05) is 39.6 Å². The van der Waals surface area contributed by atoms with Crippen LogP contribution in [0, 0.1) is 0 Å². The summed E-state index contributed by atoms with van der Waals surface area (Å²) in [6.45, 7) is 3.42. The highest BCUT2D eigenvalue weighted by molar-refractivity contribution is 7.89. The number of piperazine rings is 1. The zero-order valence-electron chi connectivity index (χ0n) is 13.7. The highest BCUT2D eigenvalue weighted by Gasteiger charge is 2.35. The molecule has 0 saturated carbocycles. The van der Waals surface area contributed by atoms with Crippen molar-refractivity contribution in [2.24, 2.45) is 0 Å². The van der Waals surface area contributed by atoms with E-state index >= 15 is 0 Å². The lowest BCUT2D eigenvalue weighted by Gasteiger charge is -2.36. The largest absolute Gasteiger partial charge is 0.496 e. The molecule has 1 aliphatic rings. The molecule has 2 atom stereocenters. The summed E-state index contributed by atoms with van der Waals surface area (Å²) < 4.78 is 37.5. The van der Waals surface area contributed by atoms with Crippen molar-refractivity contribution in [1.82, 2.24) is 9.62 Å². The van der Waals surface area contributed by atoms with Crippen molar-refractivity contribution >= 4 is 22.4 Å². The zero-order chi connectivity index (χ0) is 16.2. The van der Waals surface area contributed by atoms with Gasteiger partial charge in [0.2, 0.25) is 10.0 Å². The molecule has 2 rings (SSSR count). The molecule has 1 fully saturated rings. The monoisotopic (exact) mass is 364 g/mol. The van der Waals surface area contributed by atoms with Gasteiger partial charge in [-0.2, -0.15) is 4.31 Å². The Kier molecular flexibility index (Phi) is 7.76. The van der Waals surface area contributed by atoms with Crippen molar-refractivity contribution < 1.29 is 17.9 Å². The molecule has 0 aliphatic carbocycles. The molecule has 1 heterocycles. The number of hydrogen-bond acceptors (Lipinski definition) is 5. The molecule has 0 spiro atoms. The molecule has 1 aromatic rings. The number of hydrogen-bond donors (Lipinski definition) is 1. The summed E-state index contributed by atoms with van der Waals surface area (Å²) in [7, 11) is -0.283. The van der Waals surface area contributed by atoms with Gasteiger partial charge in [-0.15, -0.1) is 12.4 Å². The van der Waals surface area contributed by atoms with E-state index in [1.54, 1.807) is 18.3 Å². The summed E-state index contributed by atoms with van der Waals surface area (Å²) in [4.78, 5) is 0. The summed E-state index contributed by atoms with van der Waals surface area (Å²) in [5.41, 5.74) is 0.880. The van der Waals surface area contributed by atoms with Crippen LogP contribution in [-0.4, -0.2) is 58.4 Å². The average Bonchev–Trinajstić information content (AvgIpc) is 2.54. The van der Waals surface area contributed by atoms with Crippen LogP contribution in [0.2, 0.25) is 0 Å². The molecule has 23 heavy (non-hydrogen) atoms. The highest BCUT2D eigenvalue weighted by atomic mass is 35.5. The Morgan fingerprint density at radius 3 is 2.70 bits per heavy atom. The number of rotatable bonds is 6. The Morgan fingerprint density at radius 2 is 2.04 bits per heavy atom. The Bertz CT molecular complexity index is 597. The first kappa shape index (κ1) is 20.2. The van der Waals surface area contributed by atoms with Gasteiger partial charge in [0.1, 0.15) is 5.75 Å². The van der Waals surface area contributed by atoms with E-state index in [0.29, 0.717) is 25.4 Å². The van der Waals surface area contributed by atoms with Crippen LogP contribution in [0.1, 0.15) is 18.5 Å². The van der Waals surface area contributed by atoms with Gasteiger partial charge in [-0.05, 0) is 13.0 Å². The first-order valence-corrected chi connectivity index (χ1v) is 8.96. The standard InChI is InChI=1S/C15H24N2O4S.ClH/c1-12(20-2)11-22(18,19)17-9-8-16-10-14(17)13-6-4-5-7-15(13)21-3;/h4-7,12,14,16H,8-11H2,1-3H3;1H. The van der Waals surface area contributed by atoms with Crippen LogP contribution in [0.4, 0.5) is 0 Å². The maximum absolute atomic E-state index is 12.7. The van der Waals surface area contributed by atoms with E-state index in [2.05, 4.69) is 5.32 Å². The summed E-state index contributed by atoms with van der Waals surface area (Å²) in [5.74, 6) is 0.686. The van der Waals surface area contributed by atoms with Crippen LogP contribution in [0.25, 0.3) is 0 Å². The molecule has 0 aromatic heterocycles. The lowest BCUT2D eigenvalue weighted by Crippen LogP contribution is -2.50. The van der Waals surface area contributed by atoms with E-state index in [9.17, 15) is 8.42 Å². The molecule has 8 heteroatoms. The quantitative estimate of drug-likeness (QED) is 0.827. The van der Waals surface area contributed by atoms with Crippen molar-refractivity contribution in [3.63, 3.8) is 0 Å². The molecular formula is C15H25ClN2O4S. The van der Waals surface area contributed by atoms with Crippen LogP contribution < -0.4 is 10.1 Å². The maximum Gasteiger partial charge on any atom is 0.217 e. The first-order valence-electron chi connectivity index (χ1n) is 7.35. The SMILES string of the molecule is COc1ccccc1C1CNCCN1S(=O)(=O)CC(C)OC.Cl. The van der Waals surface area contributed by atoms with E-state index in [4.69, 9.17) is 9.47 Å². The van der Waals surface area contributed by atoms with Gasteiger partial charge in [0.25, 0.3) is 0 Å². The molecule has 1 aromatic carbocycles. The van der Waals surface area contributed by atoms with Gasteiger partial charge in [-0.25, -0.2) is 8.42 Å². The van der Waals surface area contributed by atoms with Gasteiger partial charge in [-0.1, -0.05) is 18.2 Å². The summed E-state index contributed by atoms with van der Waals surface area (Å²) in [5, 5.41) is 3.26. The molecule has 1 saturated heterocycles. The van der Waals surface area contributed by atoms with Gasteiger partial charge in [0.05, 0.1) is 25.0 Å². The minimum absolute atomic E-state index is 0. The van der Waals surface area contributed by atoms with E-state index < -0.39 is 10.0 Å². The third-order valence-corrected chi connectivity index (χ3v) is 5.94. The highest BCUT2D eigenvalue weighted by Crippen LogP contribution is 2.32. The Labute approximate surface area is 144 Å². The number of ether oxygens (including phenoxy) is 2. The molecule has 1 aliphatic heterocycles. The molecule has 0 bridgehead atoms. The molecule has 132 valence electrons. The summed E-state index contributed by atoms with van der Waals surface area (Å²) >= 11 is 0. The van der Waals surface area contributed by atoms with Gasteiger partial charge < -0.3 is 14.8 Å². The topological polar surface area (TPSA) is 67.9 Å². The molecule has 6 nitrogen and oxygen atoms in total. The van der Waals surface area contributed by atoms with Gasteiger partial charge in [0.15, 0.2) is 0 Å². The third-order valence-electron chi connectivity index (χ3n) is 3.90. The predicted octanol–water partition coefficient (Wildman–Crippen LogP) is 1.43. The molecule has 0 radical (unpaired) electrons. The zero-order valence-corrected chi connectivity index (χ0v) is 15.3. The lowest BCUT2D eigenvalue weighted by molar-refractivity contribution is 0.134. The minimum Gasteiger partial charge on any atom is -0.496 e. The second kappa shape index (κ2) is 8.84. The van der Waals surface area contributed by atoms with Crippen molar-refractivity contribution in [1.29, 1.82) is 0 Å². The minimum atomic E-state index is -3.40. The van der Waals surface area contributed by atoms with E-state index in [0.717, 1.165) is 5.56 Å². The van der Waals surface area contributed by atoms with Crippen LogP contribution in [-0.2, 0) is 14.8 Å². The van der Waals surface area contributed by atoms with Gasteiger partial charge in [0, 0.05) is 32.3 Å². The number of methoxy groups -OCH3 is 2.